The molecule has 0 aliphatic heterocycles. The minimum absolute atomic E-state index is 1.09. The first-order chi connectivity index (χ1) is 7.06. The Bertz CT molecular complexity index is 247. The third kappa shape index (κ3) is 9.52. The summed E-state index contributed by atoms with van der Waals surface area (Å²) in [5, 5.41) is 0. The molecular formula is C15H26. The summed E-state index contributed by atoms with van der Waals surface area (Å²) in [6.45, 7) is 10.9. The molecule has 15 heavy (non-hydrogen) atoms. The first-order valence-electron chi connectivity index (χ1n) is 5.97. The Labute approximate surface area is 95.8 Å². The summed E-state index contributed by atoms with van der Waals surface area (Å²) in [7, 11) is 0. The molecule has 0 aliphatic rings. The molecule has 0 heteroatoms. The van der Waals surface area contributed by atoms with Crippen molar-refractivity contribution < 1.29 is 0 Å². The summed E-state index contributed by atoms with van der Waals surface area (Å²) >= 11 is 0. The van der Waals surface area contributed by atoms with E-state index in [4.69, 9.17) is 0 Å². The molecule has 0 saturated carbocycles. The lowest BCUT2D eigenvalue weighted by atomic mass is 10.1. The Morgan fingerprint density at radius 3 is 2.00 bits per heavy atom. The highest BCUT2D eigenvalue weighted by Crippen LogP contribution is 2.12. The van der Waals surface area contributed by atoms with Gasteiger partial charge < -0.3 is 0 Å². The Kier molecular flexibility index (Phi) is 8.08. The fraction of sp³-hybridized carbons (Fsp3) is 0.600. The smallest absolute Gasteiger partial charge is 0.0164 e. The van der Waals surface area contributed by atoms with Crippen LogP contribution >= 0.6 is 0 Å². The minimum Gasteiger partial charge on any atom is -0.0887 e. The lowest BCUT2D eigenvalue weighted by molar-refractivity contribution is 0.799. The summed E-state index contributed by atoms with van der Waals surface area (Å²) in [5.41, 5.74) is 4.44. The van der Waals surface area contributed by atoms with Crippen LogP contribution in [0.15, 0.2) is 34.9 Å². The monoisotopic (exact) mass is 206 g/mol. The quantitative estimate of drug-likeness (QED) is 0.509. The topological polar surface area (TPSA) is 0 Å². The zero-order chi connectivity index (χ0) is 11.7. The van der Waals surface area contributed by atoms with E-state index in [-0.39, 0.29) is 0 Å². The molecule has 0 aromatic heterocycles. The molecule has 0 unspecified atom stereocenters. The Balaban J connectivity index is 3.74. The van der Waals surface area contributed by atoms with Crippen molar-refractivity contribution in [3.8, 4) is 0 Å². The van der Waals surface area contributed by atoms with Crippen LogP contribution in [0.5, 0.6) is 0 Å². The second kappa shape index (κ2) is 8.52. The van der Waals surface area contributed by atoms with Gasteiger partial charge in [0.15, 0.2) is 0 Å². The second-order valence-corrected chi connectivity index (χ2v) is 4.56. The molecule has 0 spiro atoms. The average Bonchev–Trinajstić information content (AvgIpc) is 2.17. The maximum absolute atomic E-state index is 2.35. The summed E-state index contributed by atoms with van der Waals surface area (Å²) in [4.78, 5) is 0. The largest absolute Gasteiger partial charge is 0.0887 e. The maximum atomic E-state index is 2.35. The number of allylic oxidation sites excluding steroid dienone is 6. The average molecular weight is 206 g/mol. The molecule has 0 radical (unpaired) electrons. The van der Waals surface area contributed by atoms with Crippen LogP contribution in [0.25, 0.3) is 0 Å². The molecule has 86 valence electrons. The molecule has 0 heterocycles. The number of rotatable bonds is 6. The zero-order valence-corrected chi connectivity index (χ0v) is 11.1. The molecule has 0 rings (SSSR count). The highest BCUT2D eigenvalue weighted by atomic mass is 14.0. The zero-order valence-electron chi connectivity index (χ0n) is 11.1. The molecule has 0 amide bonds. The molecule has 0 N–H and O–H groups in total. The van der Waals surface area contributed by atoms with Gasteiger partial charge in [0.1, 0.15) is 0 Å². The molecular weight excluding hydrogens is 180 g/mol. The molecule has 0 bridgehead atoms. The van der Waals surface area contributed by atoms with E-state index in [0.29, 0.717) is 0 Å². The predicted molar refractivity (Wildman–Crippen MR) is 71.1 cm³/mol. The van der Waals surface area contributed by atoms with E-state index in [0.717, 1.165) is 6.42 Å². The van der Waals surface area contributed by atoms with Gasteiger partial charge in [-0.25, -0.2) is 0 Å². The highest BCUT2D eigenvalue weighted by Gasteiger charge is 1.92. The van der Waals surface area contributed by atoms with Gasteiger partial charge in [-0.15, -0.1) is 0 Å². The van der Waals surface area contributed by atoms with E-state index in [2.05, 4.69) is 52.8 Å². The normalized spacial score (nSPS) is 12.9. The fourth-order valence-corrected chi connectivity index (χ4v) is 1.39. The van der Waals surface area contributed by atoms with Crippen molar-refractivity contribution in [1.29, 1.82) is 0 Å². The van der Waals surface area contributed by atoms with Gasteiger partial charge in [-0.1, -0.05) is 34.9 Å². The van der Waals surface area contributed by atoms with Crippen molar-refractivity contribution in [3.63, 3.8) is 0 Å². The standard InChI is InChI=1S/C15H26/c1-6-14(4)10-8-12-15(5)11-7-9-13(2)3/h6,9,11H,7-8,10,12H2,1-5H3. The van der Waals surface area contributed by atoms with Gasteiger partial charge >= 0.3 is 0 Å². The van der Waals surface area contributed by atoms with Crippen LogP contribution in [0, 0.1) is 0 Å². The van der Waals surface area contributed by atoms with Gasteiger partial charge in [0.25, 0.3) is 0 Å². The van der Waals surface area contributed by atoms with Crippen molar-refractivity contribution in [2.75, 3.05) is 0 Å². The summed E-state index contributed by atoms with van der Waals surface area (Å²) in [6, 6.07) is 0. The van der Waals surface area contributed by atoms with Crippen LogP contribution in [-0.4, -0.2) is 0 Å². The lowest BCUT2D eigenvalue weighted by Gasteiger charge is -2.01. The third-order valence-corrected chi connectivity index (χ3v) is 2.63. The second-order valence-electron chi connectivity index (χ2n) is 4.56. The van der Waals surface area contributed by atoms with E-state index in [9.17, 15) is 0 Å². The van der Waals surface area contributed by atoms with Gasteiger partial charge in [-0.3, -0.25) is 0 Å². The number of hydrogen-bond donors (Lipinski definition) is 0. The van der Waals surface area contributed by atoms with Crippen LogP contribution in [0.4, 0.5) is 0 Å². The van der Waals surface area contributed by atoms with E-state index < -0.39 is 0 Å². The van der Waals surface area contributed by atoms with Crippen LogP contribution in [0.3, 0.4) is 0 Å². The van der Waals surface area contributed by atoms with Gasteiger partial charge in [-0.2, -0.15) is 0 Å². The van der Waals surface area contributed by atoms with E-state index >= 15 is 0 Å². The van der Waals surface area contributed by atoms with Crippen LogP contribution in [-0.2, 0) is 0 Å². The van der Waals surface area contributed by atoms with Gasteiger partial charge in [0.05, 0.1) is 0 Å². The van der Waals surface area contributed by atoms with Crippen LogP contribution < -0.4 is 0 Å². The molecule has 0 aromatic rings. The van der Waals surface area contributed by atoms with E-state index in [1.165, 1.54) is 36.0 Å². The molecule has 0 atom stereocenters. The predicted octanol–water partition coefficient (Wildman–Crippen LogP) is 5.43. The van der Waals surface area contributed by atoms with Gasteiger partial charge in [0, 0.05) is 0 Å². The van der Waals surface area contributed by atoms with Crippen molar-refractivity contribution in [2.45, 2.75) is 60.3 Å². The van der Waals surface area contributed by atoms with Gasteiger partial charge in [0.2, 0.25) is 0 Å². The summed E-state index contributed by atoms with van der Waals surface area (Å²) in [5.74, 6) is 0. The fourth-order valence-electron chi connectivity index (χ4n) is 1.39. The Morgan fingerprint density at radius 1 is 0.867 bits per heavy atom. The van der Waals surface area contributed by atoms with Crippen molar-refractivity contribution in [2.24, 2.45) is 0 Å². The first kappa shape index (κ1) is 14.2. The molecule has 0 nitrogen and oxygen atoms in total. The summed E-state index contributed by atoms with van der Waals surface area (Å²) < 4.78 is 0. The van der Waals surface area contributed by atoms with Crippen LogP contribution in [0.2, 0.25) is 0 Å². The van der Waals surface area contributed by atoms with Crippen LogP contribution in [0.1, 0.15) is 60.3 Å². The molecule has 0 aromatic carbocycles. The number of hydrogen-bond acceptors (Lipinski definition) is 0. The minimum atomic E-state index is 1.09. The van der Waals surface area contributed by atoms with Gasteiger partial charge in [-0.05, 0) is 60.3 Å². The van der Waals surface area contributed by atoms with Crippen molar-refractivity contribution in [1.82, 2.24) is 0 Å². The first-order valence-corrected chi connectivity index (χ1v) is 5.97. The molecule has 0 saturated heterocycles. The Hall–Kier alpha value is -0.780. The molecule has 0 aliphatic carbocycles. The Morgan fingerprint density at radius 2 is 1.47 bits per heavy atom. The highest BCUT2D eigenvalue weighted by molar-refractivity contribution is 5.05. The molecule has 0 fully saturated rings. The maximum Gasteiger partial charge on any atom is -0.0164 e. The van der Waals surface area contributed by atoms with E-state index in [1.54, 1.807) is 0 Å². The third-order valence-electron chi connectivity index (χ3n) is 2.63. The van der Waals surface area contributed by atoms with Crippen molar-refractivity contribution >= 4 is 0 Å². The van der Waals surface area contributed by atoms with E-state index in [1.807, 2.05) is 0 Å². The van der Waals surface area contributed by atoms with Crippen molar-refractivity contribution in [3.05, 3.63) is 34.9 Å². The lowest BCUT2D eigenvalue weighted by Crippen LogP contribution is -1.81. The SMILES string of the molecule is CC=C(C)CCCC(C)=CCC=C(C)C. The summed E-state index contributed by atoms with van der Waals surface area (Å²) in [6.07, 6.45) is 11.7.